The third-order valence-electron chi connectivity index (χ3n) is 5.13. The second-order valence-electron chi connectivity index (χ2n) is 7.12. The van der Waals surface area contributed by atoms with Crippen molar-refractivity contribution in [1.29, 1.82) is 0 Å². The summed E-state index contributed by atoms with van der Waals surface area (Å²) in [5.41, 5.74) is 4.49. The van der Waals surface area contributed by atoms with Gasteiger partial charge in [-0.2, -0.15) is 5.10 Å². The summed E-state index contributed by atoms with van der Waals surface area (Å²) < 4.78 is 21.1. The number of rotatable bonds is 4. The fraction of sp³-hybridized carbons (Fsp3) is 0.318. The Bertz CT molecular complexity index is 988. The summed E-state index contributed by atoms with van der Waals surface area (Å²) in [5, 5.41) is 4.67. The SMILES string of the molecule is COc1ccc2c(c1)S[C@@H](c1cccc(F)c1)CCN2Cc1cn(C)nc1C. The highest BCUT2D eigenvalue weighted by Crippen LogP contribution is 2.46. The van der Waals surface area contributed by atoms with E-state index in [1.165, 1.54) is 17.3 Å². The van der Waals surface area contributed by atoms with Crippen molar-refractivity contribution in [3.05, 3.63) is 71.3 Å². The van der Waals surface area contributed by atoms with Gasteiger partial charge >= 0.3 is 0 Å². The van der Waals surface area contributed by atoms with Crippen LogP contribution in [0.1, 0.15) is 28.5 Å². The fourth-order valence-electron chi connectivity index (χ4n) is 3.70. The first kappa shape index (κ1) is 18.9. The molecule has 6 heteroatoms. The minimum Gasteiger partial charge on any atom is -0.497 e. The van der Waals surface area contributed by atoms with Crippen LogP contribution >= 0.6 is 11.8 Å². The molecule has 0 unspecified atom stereocenters. The maximum atomic E-state index is 13.8. The molecule has 0 saturated carbocycles. The van der Waals surface area contributed by atoms with Crippen LogP contribution in [0.2, 0.25) is 0 Å². The van der Waals surface area contributed by atoms with E-state index in [2.05, 4.69) is 28.3 Å². The molecule has 0 radical (unpaired) electrons. The van der Waals surface area contributed by atoms with Gasteiger partial charge in [-0.3, -0.25) is 4.68 Å². The van der Waals surface area contributed by atoms with E-state index in [1.807, 2.05) is 30.8 Å². The summed E-state index contributed by atoms with van der Waals surface area (Å²) in [4.78, 5) is 3.55. The first-order valence-corrected chi connectivity index (χ1v) is 10.3. The highest BCUT2D eigenvalue weighted by Gasteiger charge is 2.25. The van der Waals surface area contributed by atoms with E-state index in [4.69, 9.17) is 4.74 Å². The van der Waals surface area contributed by atoms with Gasteiger partial charge in [0.15, 0.2) is 0 Å². The van der Waals surface area contributed by atoms with Crippen LogP contribution in [-0.4, -0.2) is 23.4 Å². The lowest BCUT2D eigenvalue weighted by Gasteiger charge is -2.24. The Morgan fingerprint density at radius 2 is 2.11 bits per heavy atom. The molecule has 0 aliphatic carbocycles. The van der Waals surface area contributed by atoms with Crippen LogP contribution in [0.4, 0.5) is 10.1 Å². The van der Waals surface area contributed by atoms with Gasteiger partial charge in [0.25, 0.3) is 0 Å². The Morgan fingerprint density at radius 1 is 1.25 bits per heavy atom. The van der Waals surface area contributed by atoms with Gasteiger partial charge in [0.05, 0.1) is 18.5 Å². The number of hydrogen-bond donors (Lipinski definition) is 0. The molecule has 146 valence electrons. The van der Waals surface area contributed by atoms with Crippen LogP contribution in [0.5, 0.6) is 5.75 Å². The maximum absolute atomic E-state index is 13.8. The first-order chi connectivity index (χ1) is 13.5. The molecule has 0 amide bonds. The number of nitrogens with zero attached hydrogens (tertiary/aromatic N) is 3. The van der Waals surface area contributed by atoms with Crippen molar-refractivity contribution >= 4 is 17.4 Å². The minimum absolute atomic E-state index is 0.184. The number of aryl methyl sites for hydroxylation is 2. The molecular weight excluding hydrogens is 373 g/mol. The van der Waals surface area contributed by atoms with Gasteiger partial charge in [-0.05, 0) is 49.2 Å². The van der Waals surface area contributed by atoms with Crippen LogP contribution in [0.25, 0.3) is 0 Å². The zero-order chi connectivity index (χ0) is 19.7. The van der Waals surface area contributed by atoms with Gasteiger partial charge < -0.3 is 9.64 Å². The third-order valence-corrected chi connectivity index (χ3v) is 6.51. The number of thioether (sulfide) groups is 1. The lowest BCUT2D eigenvalue weighted by Crippen LogP contribution is -2.24. The summed E-state index contributed by atoms with van der Waals surface area (Å²) >= 11 is 1.78. The van der Waals surface area contributed by atoms with E-state index in [0.717, 1.165) is 41.4 Å². The standard InChI is InChI=1S/C22H24FN3OS/c1-15-17(13-25(2)24-15)14-26-10-9-21(16-5-4-6-18(23)11-16)28-22-12-19(27-3)7-8-20(22)26/h4-8,11-13,21H,9-10,14H2,1-3H3/t21-/m1/s1. The Balaban J connectivity index is 1.69. The number of halogens is 1. The van der Waals surface area contributed by atoms with Crippen molar-refractivity contribution in [3.8, 4) is 5.75 Å². The molecule has 2 heterocycles. The van der Waals surface area contributed by atoms with Crippen LogP contribution < -0.4 is 9.64 Å². The van der Waals surface area contributed by atoms with E-state index in [0.29, 0.717) is 0 Å². The predicted molar refractivity (Wildman–Crippen MR) is 112 cm³/mol. The number of ether oxygens (including phenoxy) is 1. The smallest absolute Gasteiger partial charge is 0.123 e. The Morgan fingerprint density at radius 3 is 2.82 bits per heavy atom. The number of methoxy groups -OCH3 is 1. The molecule has 3 aromatic rings. The molecule has 1 atom stereocenters. The molecule has 0 saturated heterocycles. The first-order valence-electron chi connectivity index (χ1n) is 9.37. The van der Waals surface area contributed by atoms with E-state index in [9.17, 15) is 4.39 Å². The number of hydrogen-bond acceptors (Lipinski definition) is 4. The van der Waals surface area contributed by atoms with Gasteiger partial charge in [0.2, 0.25) is 0 Å². The number of benzene rings is 2. The van der Waals surface area contributed by atoms with Gasteiger partial charge in [-0.15, -0.1) is 11.8 Å². The number of anilines is 1. The Labute approximate surface area is 169 Å². The monoisotopic (exact) mass is 397 g/mol. The van der Waals surface area contributed by atoms with E-state index in [1.54, 1.807) is 31.0 Å². The van der Waals surface area contributed by atoms with E-state index in [-0.39, 0.29) is 11.1 Å². The summed E-state index contributed by atoms with van der Waals surface area (Å²) in [6, 6.07) is 13.2. The van der Waals surface area contributed by atoms with Crippen LogP contribution in [0, 0.1) is 12.7 Å². The lowest BCUT2D eigenvalue weighted by atomic mass is 10.1. The molecule has 1 aliphatic heterocycles. The molecule has 28 heavy (non-hydrogen) atoms. The van der Waals surface area contributed by atoms with Gasteiger partial charge in [-0.25, -0.2) is 4.39 Å². The topological polar surface area (TPSA) is 30.3 Å². The molecule has 4 rings (SSSR count). The molecule has 4 nitrogen and oxygen atoms in total. The second-order valence-corrected chi connectivity index (χ2v) is 8.36. The van der Waals surface area contributed by atoms with Crippen molar-refractivity contribution in [2.24, 2.45) is 7.05 Å². The van der Waals surface area contributed by atoms with E-state index >= 15 is 0 Å². The van der Waals surface area contributed by atoms with Crippen LogP contribution in [0.15, 0.2) is 53.6 Å². The Hall–Kier alpha value is -2.47. The second kappa shape index (κ2) is 7.87. The van der Waals surface area contributed by atoms with Crippen LogP contribution in [0.3, 0.4) is 0 Å². The zero-order valence-electron chi connectivity index (χ0n) is 16.4. The average Bonchev–Trinajstić information content (AvgIpc) is 2.89. The van der Waals surface area contributed by atoms with Crippen molar-refractivity contribution < 1.29 is 9.13 Å². The predicted octanol–water partition coefficient (Wildman–Crippen LogP) is 5.12. The zero-order valence-corrected chi connectivity index (χ0v) is 17.2. The van der Waals surface area contributed by atoms with Crippen molar-refractivity contribution in [2.45, 2.75) is 30.0 Å². The third kappa shape index (κ3) is 3.87. The highest BCUT2D eigenvalue weighted by atomic mass is 32.2. The number of fused-ring (bicyclic) bond motifs is 1. The summed E-state index contributed by atoms with van der Waals surface area (Å²) in [7, 11) is 3.64. The molecule has 0 N–H and O–H groups in total. The Kier molecular flexibility index (Phi) is 5.31. The lowest BCUT2D eigenvalue weighted by molar-refractivity contribution is 0.413. The largest absolute Gasteiger partial charge is 0.497 e. The number of aromatic nitrogens is 2. The molecule has 0 fully saturated rings. The van der Waals surface area contributed by atoms with Crippen molar-refractivity contribution in [2.75, 3.05) is 18.6 Å². The molecule has 0 bridgehead atoms. The highest BCUT2D eigenvalue weighted by molar-refractivity contribution is 7.99. The fourth-order valence-corrected chi connectivity index (χ4v) is 5.01. The van der Waals surface area contributed by atoms with Gasteiger partial charge in [-0.1, -0.05) is 12.1 Å². The summed E-state index contributed by atoms with van der Waals surface area (Å²) in [6.07, 6.45) is 3.02. The normalized spacial score (nSPS) is 16.6. The van der Waals surface area contributed by atoms with Crippen molar-refractivity contribution in [1.82, 2.24) is 9.78 Å². The average molecular weight is 398 g/mol. The van der Waals surface area contributed by atoms with Crippen molar-refractivity contribution in [3.63, 3.8) is 0 Å². The van der Waals surface area contributed by atoms with Gasteiger partial charge in [0, 0.05) is 42.0 Å². The molecule has 1 aromatic heterocycles. The maximum Gasteiger partial charge on any atom is 0.123 e. The molecule has 1 aliphatic rings. The minimum atomic E-state index is -0.184. The summed E-state index contributed by atoms with van der Waals surface area (Å²) in [5.74, 6) is 0.653. The molecular formula is C22H24FN3OS. The van der Waals surface area contributed by atoms with Crippen LogP contribution in [-0.2, 0) is 13.6 Å². The van der Waals surface area contributed by atoms with Gasteiger partial charge in [0.1, 0.15) is 11.6 Å². The quantitative estimate of drug-likeness (QED) is 0.611. The summed E-state index contributed by atoms with van der Waals surface area (Å²) in [6.45, 7) is 3.74. The molecule has 2 aromatic carbocycles. The van der Waals surface area contributed by atoms with E-state index < -0.39 is 0 Å². The molecule has 0 spiro atoms.